The minimum absolute atomic E-state index is 0.155. The van der Waals surface area contributed by atoms with Crippen LogP contribution in [-0.2, 0) is 0 Å². The second-order valence-electron chi connectivity index (χ2n) is 6.48. The van der Waals surface area contributed by atoms with E-state index in [0.29, 0.717) is 6.54 Å². The zero-order valence-corrected chi connectivity index (χ0v) is 15.9. The Balaban J connectivity index is 1.75. The Bertz CT molecular complexity index is 850. The highest BCUT2D eigenvalue weighted by molar-refractivity contribution is 7.99. The molecule has 0 bridgehead atoms. The lowest BCUT2D eigenvalue weighted by atomic mass is 10.1. The number of nitrogens with zero attached hydrogens (tertiary/aromatic N) is 2. The molecule has 0 radical (unpaired) electrons. The van der Waals surface area contributed by atoms with Gasteiger partial charge in [-0.15, -0.1) is 0 Å². The average Bonchev–Trinajstić information content (AvgIpc) is 2.80. The summed E-state index contributed by atoms with van der Waals surface area (Å²) < 4.78 is 14.2. The maximum Gasteiger partial charge on any atom is 0.142 e. The van der Waals surface area contributed by atoms with Gasteiger partial charge in [-0.05, 0) is 29.8 Å². The van der Waals surface area contributed by atoms with Crippen molar-refractivity contribution in [2.45, 2.75) is 9.79 Å². The van der Waals surface area contributed by atoms with Gasteiger partial charge < -0.3 is 10.0 Å². The van der Waals surface area contributed by atoms with Crippen molar-refractivity contribution in [1.29, 1.82) is 0 Å². The summed E-state index contributed by atoms with van der Waals surface area (Å²) in [5.41, 5.74) is 3.07. The van der Waals surface area contributed by atoms with Crippen LogP contribution in [0.4, 0.5) is 4.39 Å². The van der Waals surface area contributed by atoms with Gasteiger partial charge in [0.25, 0.3) is 0 Å². The highest BCUT2D eigenvalue weighted by atomic mass is 35.5. The van der Waals surface area contributed by atoms with Crippen LogP contribution in [0.1, 0.15) is 11.1 Å². The number of aliphatic hydroxyl groups is 1. The van der Waals surface area contributed by atoms with Crippen LogP contribution in [0, 0.1) is 5.82 Å². The summed E-state index contributed by atoms with van der Waals surface area (Å²) >= 11 is 7.69. The number of hydrogen-bond acceptors (Lipinski definition) is 4. The first-order chi connectivity index (χ1) is 12.7. The molecule has 0 aliphatic carbocycles. The van der Waals surface area contributed by atoms with Crippen molar-refractivity contribution >= 4 is 35.1 Å². The molecule has 1 fully saturated rings. The highest BCUT2D eigenvalue weighted by Crippen LogP contribution is 2.43. The van der Waals surface area contributed by atoms with Crippen LogP contribution in [0.25, 0.3) is 11.8 Å². The molecular formula is C20H20ClFN2OS. The zero-order chi connectivity index (χ0) is 18.1. The maximum atomic E-state index is 14.2. The summed E-state index contributed by atoms with van der Waals surface area (Å²) in [5.74, 6) is -0.387. The Morgan fingerprint density at radius 1 is 1.08 bits per heavy atom. The zero-order valence-electron chi connectivity index (χ0n) is 14.3. The number of rotatable bonds is 3. The molecular weight excluding hydrogens is 371 g/mol. The van der Waals surface area contributed by atoms with E-state index in [0.717, 1.165) is 52.8 Å². The molecule has 0 spiro atoms. The molecule has 4 rings (SSSR count). The van der Waals surface area contributed by atoms with Crippen LogP contribution in [-0.4, -0.2) is 54.2 Å². The maximum absolute atomic E-state index is 14.2. The second kappa shape index (κ2) is 7.61. The van der Waals surface area contributed by atoms with Crippen molar-refractivity contribution in [3.05, 3.63) is 58.4 Å². The molecule has 2 heterocycles. The quantitative estimate of drug-likeness (QED) is 0.855. The van der Waals surface area contributed by atoms with Crippen molar-refractivity contribution in [3.63, 3.8) is 0 Å². The van der Waals surface area contributed by atoms with Gasteiger partial charge in [0.15, 0.2) is 0 Å². The largest absolute Gasteiger partial charge is 0.395 e. The first-order valence-corrected chi connectivity index (χ1v) is 9.91. The van der Waals surface area contributed by atoms with Gasteiger partial charge in [0.1, 0.15) is 5.82 Å². The van der Waals surface area contributed by atoms with Crippen LogP contribution < -0.4 is 0 Å². The predicted octanol–water partition coefficient (Wildman–Crippen LogP) is 4.05. The number of β-amino-alcohol motifs (C(OH)–C–C–N with tert-alkyl or cyclic N) is 1. The topological polar surface area (TPSA) is 26.7 Å². The molecule has 6 heteroatoms. The van der Waals surface area contributed by atoms with E-state index in [1.165, 1.54) is 0 Å². The molecule has 3 nitrogen and oxygen atoms in total. The first-order valence-electron chi connectivity index (χ1n) is 8.72. The fraction of sp³-hybridized carbons (Fsp3) is 0.300. The van der Waals surface area contributed by atoms with Crippen LogP contribution >= 0.6 is 23.4 Å². The van der Waals surface area contributed by atoms with Crippen LogP contribution in [0.15, 0.2) is 46.2 Å². The second-order valence-corrected chi connectivity index (χ2v) is 7.98. The van der Waals surface area contributed by atoms with Gasteiger partial charge >= 0.3 is 0 Å². The number of hydrogen-bond donors (Lipinski definition) is 1. The van der Waals surface area contributed by atoms with E-state index in [2.05, 4.69) is 28.0 Å². The Morgan fingerprint density at radius 3 is 2.62 bits per heavy atom. The normalized spacial score (nSPS) is 17.3. The van der Waals surface area contributed by atoms with Gasteiger partial charge in [-0.2, -0.15) is 0 Å². The van der Waals surface area contributed by atoms with Gasteiger partial charge in [0.05, 0.1) is 11.6 Å². The SMILES string of the molecule is OCCN1CCN(C2=Cc3ccccc3Sc3cc(Cl)c(F)cc32)CC1. The molecule has 136 valence electrons. The molecule has 0 amide bonds. The summed E-state index contributed by atoms with van der Waals surface area (Å²) in [6, 6.07) is 11.5. The average molecular weight is 391 g/mol. The third kappa shape index (κ3) is 3.49. The van der Waals surface area contributed by atoms with E-state index in [1.54, 1.807) is 23.9 Å². The molecule has 0 aromatic heterocycles. The summed E-state index contributed by atoms with van der Waals surface area (Å²) in [5, 5.41) is 9.30. The minimum atomic E-state index is -0.387. The predicted molar refractivity (Wildman–Crippen MR) is 105 cm³/mol. The van der Waals surface area contributed by atoms with Crippen molar-refractivity contribution in [1.82, 2.24) is 9.80 Å². The van der Waals surface area contributed by atoms with E-state index in [-0.39, 0.29) is 17.4 Å². The van der Waals surface area contributed by atoms with Gasteiger partial charge in [0.2, 0.25) is 0 Å². The lowest BCUT2D eigenvalue weighted by Crippen LogP contribution is -2.46. The van der Waals surface area contributed by atoms with Gasteiger partial charge in [-0.1, -0.05) is 41.6 Å². The van der Waals surface area contributed by atoms with Gasteiger partial charge in [-0.25, -0.2) is 4.39 Å². The van der Waals surface area contributed by atoms with Crippen LogP contribution in [0.5, 0.6) is 0 Å². The molecule has 2 aromatic carbocycles. The molecule has 26 heavy (non-hydrogen) atoms. The van der Waals surface area contributed by atoms with Crippen molar-refractivity contribution < 1.29 is 9.50 Å². The third-order valence-corrected chi connectivity index (χ3v) is 6.30. The Labute approximate surface area is 162 Å². The van der Waals surface area contributed by atoms with Gasteiger partial charge in [0, 0.05) is 53.8 Å². The number of piperazine rings is 1. The van der Waals surface area contributed by atoms with Crippen LogP contribution in [0.2, 0.25) is 5.02 Å². The molecule has 0 atom stereocenters. The van der Waals surface area contributed by atoms with E-state index >= 15 is 0 Å². The highest BCUT2D eigenvalue weighted by Gasteiger charge is 2.25. The molecule has 0 saturated carbocycles. The summed E-state index contributed by atoms with van der Waals surface area (Å²) in [6.45, 7) is 4.35. The lowest BCUT2D eigenvalue weighted by Gasteiger charge is -2.37. The summed E-state index contributed by atoms with van der Waals surface area (Å²) in [7, 11) is 0. The van der Waals surface area contributed by atoms with Crippen LogP contribution in [0.3, 0.4) is 0 Å². The van der Waals surface area contributed by atoms with E-state index < -0.39 is 0 Å². The molecule has 2 aliphatic rings. The fourth-order valence-electron chi connectivity index (χ4n) is 3.46. The molecule has 2 aromatic rings. The minimum Gasteiger partial charge on any atom is -0.395 e. The summed E-state index contributed by atoms with van der Waals surface area (Å²) in [4.78, 5) is 6.68. The fourth-order valence-corrected chi connectivity index (χ4v) is 4.77. The Kier molecular flexibility index (Phi) is 5.23. The third-order valence-electron chi connectivity index (χ3n) is 4.86. The molecule has 1 N–H and O–H groups in total. The number of fused-ring (bicyclic) bond motifs is 2. The summed E-state index contributed by atoms with van der Waals surface area (Å²) in [6.07, 6.45) is 2.16. The molecule has 2 aliphatic heterocycles. The monoisotopic (exact) mass is 390 g/mol. The lowest BCUT2D eigenvalue weighted by molar-refractivity contribution is 0.143. The van der Waals surface area contributed by atoms with Crippen molar-refractivity contribution in [2.24, 2.45) is 0 Å². The molecule has 0 unspecified atom stereocenters. The standard InChI is InChI=1S/C20H20ClFN2OS/c21-16-13-20-15(12-17(16)22)18(11-14-3-1-2-4-19(14)26-20)24-7-5-23(6-8-24)9-10-25/h1-4,11-13,25H,5-10H2. The van der Waals surface area contributed by atoms with E-state index in [9.17, 15) is 4.39 Å². The Hall–Kier alpha value is -1.53. The van der Waals surface area contributed by atoms with Crippen molar-refractivity contribution in [3.8, 4) is 0 Å². The first kappa shape index (κ1) is 17.9. The Morgan fingerprint density at radius 2 is 1.85 bits per heavy atom. The molecule has 1 saturated heterocycles. The van der Waals surface area contributed by atoms with E-state index in [1.807, 2.05) is 12.1 Å². The van der Waals surface area contributed by atoms with Crippen molar-refractivity contribution in [2.75, 3.05) is 39.3 Å². The number of halogens is 2. The number of benzene rings is 2. The van der Waals surface area contributed by atoms with E-state index in [4.69, 9.17) is 16.7 Å². The smallest absolute Gasteiger partial charge is 0.142 e. The van der Waals surface area contributed by atoms with Gasteiger partial charge in [-0.3, -0.25) is 4.90 Å². The number of aliphatic hydroxyl groups excluding tert-OH is 1.